The summed E-state index contributed by atoms with van der Waals surface area (Å²) >= 11 is 0. The number of aromatic nitrogens is 2. The molecule has 0 fully saturated rings. The molecule has 0 aliphatic carbocycles. The number of carbonyl (C=O) groups excluding carboxylic acids is 1. The summed E-state index contributed by atoms with van der Waals surface area (Å²) in [6.07, 6.45) is 1.88. The molecular weight excluding hydrogens is 280 g/mol. The second kappa shape index (κ2) is 5.33. The normalized spacial score (nSPS) is 11.2. The summed E-state index contributed by atoms with van der Waals surface area (Å²) in [5.74, 6) is 0.0232. The second-order valence-electron chi connectivity index (χ2n) is 4.09. The SMILES string of the molecule is CCc1ncc(S(=O)(=O)Nc2ccc(C(N)=O)cc2)[nH]1. The number of hydrogen-bond donors (Lipinski definition) is 3. The molecule has 0 unspecified atom stereocenters. The summed E-state index contributed by atoms with van der Waals surface area (Å²) in [7, 11) is -3.72. The predicted molar refractivity (Wildman–Crippen MR) is 73.7 cm³/mol. The Morgan fingerprint density at radius 3 is 2.50 bits per heavy atom. The minimum atomic E-state index is -3.72. The molecule has 1 aromatic heterocycles. The fraction of sp³-hybridized carbons (Fsp3) is 0.167. The minimum absolute atomic E-state index is 0.00618. The topological polar surface area (TPSA) is 118 Å². The van der Waals surface area contributed by atoms with Crippen molar-refractivity contribution in [2.45, 2.75) is 18.4 Å². The molecule has 0 saturated heterocycles. The van der Waals surface area contributed by atoms with E-state index in [-0.39, 0.29) is 5.03 Å². The third kappa shape index (κ3) is 2.97. The Morgan fingerprint density at radius 2 is 2.00 bits per heavy atom. The summed E-state index contributed by atoms with van der Waals surface area (Å²) in [5.41, 5.74) is 5.75. The number of aromatic amines is 1. The van der Waals surface area contributed by atoms with Gasteiger partial charge in [0.1, 0.15) is 5.82 Å². The molecule has 0 saturated carbocycles. The number of anilines is 1. The number of rotatable bonds is 5. The first-order valence-electron chi connectivity index (χ1n) is 5.89. The molecule has 20 heavy (non-hydrogen) atoms. The first kappa shape index (κ1) is 14.1. The summed E-state index contributed by atoms with van der Waals surface area (Å²) < 4.78 is 26.5. The highest BCUT2D eigenvalue weighted by atomic mass is 32.2. The molecule has 2 aromatic rings. The zero-order chi connectivity index (χ0) is 14.8. The molecule has 1 amide bonds. The van der Waals surface area contributed by atoms with E-state index in [2.05, 4.69) is 14.7 Å². The smallest absolute Gasteiger partial charge is 0.278 e. The molecule has 1 aromatic carbocycles. The standard InChI is InChI=1S/C12H14N4O3S/c1-2-10-14-7-11(15-10)20(18,19)16-9-5-3-8(4-6-9)12(13)17/h3-7,16H,2H2,1H3,(H2,13,17)(H,14,15). The van der Waals surface area contributed by atoms with E-state index < -0.39 is 15.9 Å². The van der Waals surface area contributed by atoms with Gasteiger partial charge in [0.15, 0.2) is 5.03 Å². The number of primary amides is 1. The Bertz CT molecular complexity index is 719. The summed E-state index contributed by atoms with van der Waals surface area (Å²) in [6, 6.07) is 5.83. The van der Waals surface area contributed by atoms with Crippen LogP contribution in [0.1, 0.15) is 23.1 Å². The highest BCUT2D eigenvalue weighted by Crippen LogP contribution is 2.15. The van der Waals surface area contributed by atoms with Crippen LogP contribution in [-0.2, 0) is 16.4 Å². The van der Waals surface area contributed by atoms with Gasteiger partial charge in [0.2, 0.25) is 5.91 Å². The van der Waals surface area contributed by atoms with Gasteiger partial charge in [-0.2, -0.15) is 8.42 Å². The average molecular weight is 294 g/mol. The van der Waals surface area contributed by atoms with Gasteiger partial charge in [-0.1, -0.05) is 6.92 Å². The number of nitrogens with one attached hydrogen (secondary N) is 2. The molecule has 0 aliphatic rings. The number of sulfonamides is 1. The van der Waals surface area contributed by atoms with Gasteiger partial charge in [0, 0.05) is 17.7 Å². The molecule has 7 nitrogen and oxygen atoms in total. The van der Waals surface area contributed by atoms with E-state index in [0.717, 1.165) is 0 Å². The molecule has 2 rings (SSSR count). The zero-order valence-corrected chi connectivity index (χ0v) is 11.6. The second-order valence-corrected chi connectivity index (χ2v) is 5.75. The molecule has 0 radical (unpaired) electrons. The third-order valence-corrected chi connectivity index (χ3v) is 3.94. The number of benzene rings is 1. The maximum atomic E-state index is 12.1. The van der Waals surface area contributed by atoms with Gasteiger partial charge in [-0.3, -0.25) is 9.52 Å². The Hall–Kier alpha value is -2.35. The third-order valence-electron chi connectivity index (χ3n) is 2.65. The largest absolute Gasteiger partial charge is 0.366 e. The Balaban J connectivity index is 2.21. The van der Waals surface area contributed by atoms with Gasteiger partial charge in [0.05, 0.1) is 6.20 Å². The fourth-order valence-corrected chi connectivity index (χ4v) is 2.57. The maximum Gasteiger partial charge on any atom is 0.278 e. The van der Waals surface area contributed by atoms with E-state index in [1.54, 1.807) is 0 Å². The van der Waals surface area contributed by atoms with Gasteiger partial charge < -0.3 is 10.7 Å². The maximum absolute atomic E-state index is 12.1. The van der Waals surface area contributed by atoms with E-state index in [0.29, 0.717) is 23.5 Å². The first-order chi connectivity index (χ1) is 9.42. The van der Waals surface area contributed by atoms with Gasteiger partial charge in [-0.05, 0) is 24.3 Å². The van der Waals surface area contributed by atoms with Gasteiger partial charge in [-0.15, -0.1) is 0 Å². The Kier molecular flexibility index (Phi) is 3.75. The van der Waals surface area contributed by atoms with Crippen molar-refractivity contribution < 1.29 is 13.2 Å². The van der Waals surface area contributed by atoms with Crippen molar-refractivity contribution in [2.75, 3.05) is 4.72 Å². The van der Waals surface area contributed by atoms with Crippen LogP contribution in [0.5, 0.6) is 0 Å². The van der Waals surface area contributed by atoms with Gasteiger partial charge in [-0.25, -0.2) is 4.98 Å². The van der Waals surface area contributed by atoms with Crippen LogP contribution in [0.2, 0.25) is 0 Å². The first-order valence-corrected chi connectivity index (χ1v) is 7.37. The Labute approximate surface area is 116 Å². The van der Waals surface area contributed by atoms with E-state index in [9.17, 15) is 13.2 Å². The van der Waals surface area contributed by atoms with Crippen LogP contribution in [-0.4, -0.2) is 24.3 Å². The van der Waals surface area contributed by atoms with Crippen LogP contribution in [0, 0.1) is 0 Å². The molecule has 0 spiro atoms. The highest BCUT2D eigenvalue weighted by molar-refractivity contribution is 7.92. The predicted octanol–water partition coefficient (Wildman–Crippen LogP) is 0.872. The Morgan fingerprint density at radius 1 is 1.35 bits per heavy atom. The lowest BCUT2D eigenvalue weighted by Crippen LogP contribution is -2.14. The number of hydrogen-bond acceptors (Lipinski definition) is 4. The quantitative estimate of drug-likeness (QED) is 0.758. The highest BCUT2D eigenvalue weighted by Gasteiger charge is 2.17. The number of H-pyrrole nitrogens is 1. The molecular formula is C12H14N4O3S. The number of imidazole rings is 1. The van der Waals surface area contributed by atoms with E-state index >= 15 is 0 Å². The average Bonchev–Trinajstić information content (AvgIpc) is 2.88. The number of aryl methyl sites for hydroxylation is 1. The lowest BCUT2D eigenvalue weighted by Gasteiger charge is -2.06. The molecule has 1 heterocycles. The van der Waals surface area contributed by atoms with Crippen LogP contribution < -0.4 is 10.5 Å². The number of amides is 1. The number of nitrogens with two attached hydrogens (primary N) is 1. The lowest BCUT2D eigenvalue weighted by molar-refractivity contribution is 0.100. The van der Waals surface area contributed by atoms with Gasteiger partial charge >= 0.3 is 0 Å². The van der Waals surface area contributed by atoms with Crippen LogP contribution in [0.25, 0.3) is 0 Å². The monoisotopic (exact) mass is 294 g/mol. The number of carbonyl (C=O) groups is 1. The van der Waals surface area contributed by atoms with Crippen LogP contribution in [0.3, 0.4) is 0 Å². The molecule has 0 bridgehead atoms. The summed E-state index contributed by atoms with van der Waals surface area (Å²) in [4.78, 5) is 17.6. The lowest BCUT2D eigenvalue weighted by atomic mass is 10.2. The van der Waals surface area contributed by atoms with Crippen molar-refractivity contribution in [3.05, 3.63) is 41.9 Å². The van der Waals surface area contributed by atoms with Crippen LogP contribution in [0.15, 0.2) is 35.5 Å². The minimum Gasteiger partial charge on any atom is -0.366 e. The van der Waals surface area contributed by atoms with Crippen molar-refractivity contribution in [3.8, 4) is 0 Å². The van der Waals surface area contributed by atoms with Crippen molar-refractivity contribution in [2.24, 2.45) is 5.73 Å². The van der Waals surface area contributed by atoms with Crippen molar-refractivity contribution in [1.82, 2.24) is 9.97 Å². The van der Waals surface area contributed by atoms with Crippen LogP contribution >= 0.6 is 0 Å². The molecule has 0 aliphatic heterocycles. The van der Waals surface area contributed by atoms with Crippen molar-refractivity contribution in [1.29, 1.82) is 0 Å². The van der Waals surface area contributed by atoms with Crippen molar-refractivity contribution in [3.63, 3.8) is 0 Å². The number of nitrogens with zero attached hydrogens (tertiary/aromatic N) is 1. The van der Waals surface area contributed by atoms with E-state index in [4.69, 9.17) is 5.73 Å². The summed E-state index contributed by atoms with van der Waals surface area (Å²) in [5, 5.41) is -0.00618. The fourth-order valence-electron chi connectivity index (χ4n) is 1.57. The molecule has 106 valence electrons. The zero-order valence-electron chi connectivity index (χ0n) is 10.8. The summed E-state index contributed by atoms with van der Waals surface area (Å²) in [6.45, 7) is 1.87. The van der Waals surface area contributed by atoms with Gasteiger partial charge in [0.25, 0.3) is 10.0 Å². The van der Waals surface area contributed by atoms with Crippen LogP contribution in [0.4, 0.5) is 5.69 Å². The molecule has 4 N–H and O–H groups in total. The molecule has 8 heteroatoms. The van der Waals surface area contributed by atoms with E-state index in [1.807, 2.05) is 6.92 Å². The van der Waals surface area contributed by atoms with E-state index in [1.165, 1.54) is 30.5 Å². The molecule has 0 atom stereocenters. The van der Waals surface area contributed by atoms with Crippen molar-refractivity contribution >= 4 is 21.6 Å².